The van der Waals surface area contributed by atoms with Gasteiger partial charge in [-0.3, -0.25) is 4.79 Å². The predicted octanol–water partition coefficient (Wildman–Crippen LogP) is 3.66. The van der Waals surface area contributed by atoms with Crippen LogP contribution in [0.1, 0.15) is 43.2 Å². The Morgan fingerprint density at radius 3 is 2.48 bits per heavy atom. The molecule has 2 aromatic rings. The average molecular weight is 336 g/mol. The van der Waals surface area contributed by atoms with E-state index in [1.54, 1.807) is 0 Å². The molecule has 1 saturated heterocycles. The van der Waals surface area contributed by atoms with Crippen LogP contribution in [0.3, 0.4) is 0 Å². The molecular formula is C22H28N2O. The zero-order chi connectivity index (χ0) is 17.5. The molecule has 0 spiro atoms. The maximum atomic E-state index is 12.7. The zero-order valence-electron chi connectivity index (χ0n) is 14.9. The third-order valence-electron chi connectivity index (χ3n) is 5.02. The summed E-state index contributed by atoms with van der Waals surface area (Å²) in [6.07, 6.45) is 3.46. The second-order valence-electron chi connectivity index (χ2n) is 7.15. The second-order valence-corrected chi connectivity index (χ2v) is 7.15. The molecule has 2 aromatic carbocycles. The summed E-state index contributed by atoms with van der Waals surface area (Å²) in [6.45, 7) is 3.17. The zero-order valence-corrected chi connectivity index (χ0v) is 14.9. The Balaban J connectivity index is 1.65. The van der Waals surface area contributed by atoms with Crippen molar-refractivity contribution in [3.8, 4) is 0 Å². The number of hydrogen-bond acceptors (Lipinski definition) is 2. The van der Waals surface area contributed by atoms with Crippen molar-refractivity contribution in [2.24, 2.45) is 0 Å². The molecule has 3 unspecified atom stereocenters. The Kier molecular flexibility index (Phi) is 6.24. The minimum atomic E-state index is 0.170. The van der Waals surface area contributed by atoms with Crippen LogP contribution < -0.4 is 10.6 Å². The van der Waals surface area contributed by atoms with E-state index in [0.717, 1.165) is 25.8 Å². The summed E-state index contributed by atoms with van der Waals surface area (Å²) in [6, 6.07) is 21.6. The monoisotopic (exact) mass is 336 g/mol. The molecule has 132 valence electrons. The van der Waals surface area contributed by atoms with Gasteiger partial charge in [0, 0.05) is 18.5 Å². The van der Waals surface area contributed by atoms with Crippen LogP contribution in [-0.2, 0) is 11.2 Å². The predicted molar refractivity (Wildman–Crippen MR) is 103 cm³/mol. The number of benzene rings is 2. The molecule has 0 bridgehead atoms. The SMILES string of the molecule is CC1CC(NC(=O)CC(Cc2ccccc2)c2ccccc2)CCN1. The van der Waals surface area contributed by atoms with Gasteiger partial charge in [-0.15, -0.1) is 0 Å². The van der Waals surface area contributed by atoms with Gasteiger partial charge < -0.3 is 10.6 Å². The summed E-state index contributed by atoms with van der Waals surface area (Å²) in [5.41, 5.74) is 2.51. The van der Waals surface area contributed by atoms with Gasteiger partial charge in [-0.05, 0) is 49.8 Å². The molecule has 25 heavy (non-hydrogen) atoms. The van der Waals surface area contributed by atoms with Gasteiger partial charge >= 0.3 is 0 Å². The topological polar surface area (TPSA) is 41.1 Å². The molecule has 1 heterocycles. The first-order valence-corrected chi connectivity index (χ1v) is 9.32. The van der Waals surface area contributed by atoms with E-state index in [4.69, 9.17) is 0 Å². The molecule has 0 radical (unpaired) electrons. The first-order valence-electron chi connectivity index (χ1n) is 9.32. The lowest BCUT2D eigenvalue weighted by Crippen LogP contribution is -2.46. The Hall–Kier alpha value is -2.13. The van der Waals surface area contributed by atoms with Gasteiger partial charge in [0.2, 0.25) is 5.91 Å². The molecule has 3 rings (SSSR count). The molecular weight excluding hydrogens is 308 g/mol. The summed E-state index contributed by atoms with van der Waals surface area (Å²) in [4.78, 5) is 12.7. The summed E-state index contributed by atoms with van der Waals surface area (Å²) in [5, 5.41) is 6.69. The minimum absolute atomic E-state index is 0.170. The van der Waals surface area contributed by atoms with E-state index in [1.807, 2.05) is 12.1 Å². The van der Waals surface area contributed by atoms with Crippen LogP contribution >= 0.6 is 0 Å². The average Bonchev–Trinajstić information content (AvgIpc) is 2.63. The molecule has 2 N–H and O–H groups in total. The third-order valence-corrected chi connectivity index (χ3v) is 5.02. The molecule has 0 aliphatic carbocycles. The van der Waals surface area contributed by atoms with Crippen LogP contribution in [0.2, 0.25) is 0 Å². The fraction of sp³-hybridized carbons (Fsp3) is 0.409. The van der Waals surface area contributed by atoms with Crippen molar-refractivity contribution in [2.45, 2.75) is 50.6 Å². The molecule has 1 aliphatic heterocycles. The first-order chi connectivity index (χ1) is 12.2. The lowest BCUT2D eigenvalue weighted by atomic mass is 9.88. The maximum absolute atomic E-state index is 12.7. The fourth-order valence-electron chi connectivity index (χ4n) is 3.71. The van der Waals surface area contributed by atoms with Crippen molar-refractivity contribution < 1.29 is 4.79 Å². The van der Waals surface area contributed by atoms with Crippen LogP contribution in [0.25, 0.3) is 0 Å². The quantitative estimate of drug-likeness (QED) is 0.845. The van der Waals surface area contributed by atoms with Crippen molar-refractivity contribution >= 4 is 5.91 Å². The van der Waals surface area contributed by atoms with E-state index in [9.17, 15) is 4.79 Å². The summed E-state index contributed by atoms with van der Waals surface area (Å²) < 4.78 is 0. The molecule has 0 aromatic heterocycles. The summed E-state index contributed by atoms with van der Waals surface area (Å²) >= 11 is 0. The number of amides is 1. The maximum Gasteiger partial charge on any atom is 0.220 e. The third kappa shape index (κ3) is 5.43. The Labute approximate surface area is 150 Å². The lowest BCUT2D eigenvalue weighted by Gasteiger charge is -2.29. The number of nitrogens with one attached hydrogen (secondary N) is 2. The fourth-order valence-corrected chi connectivity index (χ4v) is 3.71. The van der Waals surface area contributed by atoms with E-state index < -0.39 is 0 Å². The van der Waals surface area contributed by atoms with Crippen LogP contribution in [0, 0.1) is 0 Å². The summed E-state index contributed by atoms with van der Waals surface area (Å²) in [7, 11) is 0. The first kappa shape index (κ1) is 17.7. The number of carbonyl (C=O) groups is 1. The Bertz CT molecular complexity index is 656. The standard InChI is InChI=1S/C22H28N2O/c1-17-14-21(12-13-23-17)24-22(25)16-20(19-10-6-3-7-11-19)15-18-8-4-2-5-9-18/h2-11,17,20-21,23H,12-16H2,1H3,(H,24,25). The highest BCUT2D eigenvalue weighted by Gasteiger charge is 2.22. The van der Waals surface area contributed by atoms with Gasteiger partial charge in [-0.25, -0.2) is 0 Å². The van der Waals surface area contributed by atoms with Crippen molar-refractivity contribution in [3.05, 3.63) is 71.8 Å². The second kappa shape index (κ2) is 8.82. The van der Waals surface area contributed by atoms with Gasteiger partial charge in [-0.2, -0.15) is 0 Å². The molecule has 1 amide bonds. The normalized spacial score (nSPS) is 21.5. The van der Waals surface area contributed by atoms with Crippen molar-refractivity contribution in [1.82, 2.24) is 10.6 Å². The van der Waals surface area contributed by atoms with Gasteiger partial charge in [0.1, 0.15) is 0 Å². The summed E-state index contributed by atoms with van der Waals surface area (Å²) in [5.74, 6) is 0.381. The van der Waals surface area contributed by atoms with Crippen LogP contribution in [-0.4, -0.2) is 24.5 Å². The number of carbonyl (C=O) groups excluding carboxylic acids is 1. The molecule has 1 aliphatic rings. The van der Waals surface area contributed by atoms with E-state index in [1.165, 1.54) is 11.1 Å². The highest BCUT2D eigenvalue weighted by molar-refractivity contribution is 5.77. The number of hydrogen-bond donors (Lipinski definition) is 2. The Morgan fingerprint density at radius 2 is 1.80 bits per heavy atom. The molecule has 3 nitrogen and oxygen atoms in total. The number of piperidine rings is 1. The van der Waals surface area contributed by atoms with Crippen molar-refractivity contribution in [3.63, 3.8) is 0 Å². The minimum Gasteiger partial charge on any atom is -0.353 e. The van der Waals surface area contributed by atoms with Gasteiger partial charge in [0.05, 0.1) is 0 Å². The van der Waals surface area contributed by atoms with Crippen molar-refractivity contribution in [2.75, 3.05) is 6.54 Å². The van der Waals surface area contributed by atoms with Crippen molar-refractivity contribution in [1.29, 1.82) is 0 Å². The van der Waals surface area contributed by atoms with E-state index in [0.29, 0.717) is 18.5 Å². The van der Waals surface area contributed by atoms with E-state index in [2.05, 4.69) is 66.1 Å². The van der Waals surface area contributed by atoms with Crippen LogP contribution in [0.4, 0.5) is 0 Å². The molecule has 0 saturated carbocycles. The number of rotatable bonds is 6. The van der Waals surface area contributed by atoms with Gasteiger partial charge in [-0.1, -0.05) is 60.7 Å². The van der Waals surface area contributed by atoms with Crippen LogP contribution in [0.5, 0.6) is 0 Å². The lowest BCUT2D eigenvalue weighted by molar-refractivity contribution is -0.122. The highest BCUT2D eigenvalue weighted by Crippen LogP contribution is 2.24. The van der Waals surface area contributed by atoms with Gasteiger partial charge in [0.15, 0.2) is 0 Å². The van der Waals surface area contributed by atoms with E-state index >= 15 is 0 Å². The molecule has 1 fully saturated rings. The largest absolute Gasteiger partial charge is 0.353 e. The highest BCUT2D eigenvalue weighted by atomic mass is 16.1. The van der Waals surface area contributed by atoms with Crippen LogP contribution in [0.15, 0.2) is 60.7 Å². The molecule has 3 heteroatoms. The van der Waals surface area contributed by atoms with Gasteiger partial charge in [0.25, 0.3) is 0 Å². The smallest absolute Gasteiger partial charge is 0.220 e. The molecule has 3 atom stereocenters. The Morgan fingerprint density at radius 1 is 1.12 bits per heavy atom. The van der Waals surface area contributed by atoms with E-state index in [-0.39, 0.29) is 11.8 Å².